The molecule has 5 aromatic rings. The third kappa shape index (κ3) is 10.4. The number of ether oxygens (including phenoxy) is 1. The molecule has 0 radical (unpaired) electrons. The average Bonchev–Trinajstić information content (AvgIpc) is 3.12. The second kappa shape index (κ2) is 18.3. The molecule has 1 heterocycles. The van der Waals surface area contributed by atoms with Gasteiger partial charge in [-0.2, -0.15) is 0 Å². The van der Waals surface area contributed by atoms with E-state index in [9.17, 15) is 34.5 Å². The molecular weight excluding hydrogens is 672 g/mol. The van der Waals surface area contributed by atoms with Crippen molar-refractivity contribution in [3.8, 4) is 17.2 Å². The molecule has 0 spiro atoms. The molecule has 1 atom stereocenters. The van der Waals surface area contributed by atoms with Gasteiger partial charge in [-0.1, -0.05) is 79.6 Å². The lowest BCUT2D eigenvalue weighted by Gasteiger charge is -2.12. The van der Waals surface area contributed by atoms with E-state index in [0.29, 0.717) is 40.2 Å². The number of hydrogen-bond donors (Lipinski definition) is 3. The third-order valence-electron chi connectivity index (χ3n) is 8.69. The molecule has 9 heteroatoms. The van der Waals surface area contributed by atoms with Crippen molar-refractivity contribution in [2.75, 3.05) is 6.61 Å². The van der Waals surface area contributed by atoms with Crippen LogP contribution >= 0.6 is 0 Å². The first-order valence-corrected chi connectivity index (χ1v) is 17.3. The molecule has 0 aliphatic rings. The number of esters is 1. The monoisotopic (exact) mass is 716 g/mol. The quantitative estimate of drug-likeness (QED) is 0.0356. The first-order valence-electron chi connectivity index (χ1n) is 17.3. The van der Waals surface area contributed by atoms with Crippen LogP contribution in [0.25, 0.3) is 16.5 Å². The van der Waals surface area contributed by atoms with E-state index in [2.05, 4.69) is 13.5 Å². The lowest BCUT2D eigenvalue weighted by Crippen LogP contribution is -2.07. The zero-order valence-electron chi connectivity index (χ0n) is 30.3. The second-order valence-corrected chi connectivity index (χ2v) is 13.1. The Labute approximate surface area is 308 Å². The number of phenolic OH excluding ortho intramolecular Hbond substituents is 3. The maximum Gasteiger partial charge on any atom is 0.336 e. The fourth-order valence-corrected chi connectivity index (χ4v) is 5.74. The van der Waals surface area contributed by atoms with Crippen LogP contribution in [0.2, 0.25) is 0 Å². The van der Waals surface area contributed by atoms with Crippen molar-refractivity contribution in [1.82, 2.24) is 0 Å². The summed E-state index contributed by atoms with van der Waals surface area (Å²) < 4.78 is 10.5. The molecule has 3 N–H and O–H groups in total. The number of carbonyl (C=O) groups excluding carboxylic acids is 3. The first-order chi connectivity index (χ1) is 25.3. The minimum absolute atomic E-state index is 0.0134. The molecular formula is C44H44O9. The maximum absolute atomic E-state index is 12.8. The molecule has 1 aromatic heterocycles. The highest BCUT2D eigenvalue weighted by molar-refractivity contribution is 6.17. The highest BCUT2D eigenvalue weighted by Crippen LogP contribution is 2.36. The molecule has 0 bridgehead atoms. The molecule has 4 aromatic carbocycles. The number of aryl methyl sites for hydroxylation is 1. The Balaban J connectivity index is 0.000000256. The van der Waals surface area contributed by atoms with Crippen molar-refractivity contribution >= 4 is 34.1 Å². The number of phenols is 3. The predicted molar refractivity (Wildman–Crippen MR) is 205 cm³/mol. The van der Waals surface area contributed by atoms with Crippen LogP contribution in [0, 0.1) is 12.8 Å². The van der Waals surface area contributed by atoms with Gasteiger partial charge >= 0.3 is 11.6 Å². The Morgan fingerprint density at radius 2 is 1.38 bits per heavy atom. The topological polar surface area (TPSA) is 151 Å². The van der Waals surface area contributed by atoms with Crippen LogP contribution in [0.3, 0.4) is 0 Å². The van der Waals surface area contributed by atoms with Gasteiger partial charge in [-0.3, -0.25) is 9.59 Å². The Morgan fingerprint density at radius 3 is 1.98 bits per heavy atom. The summed E-state index contributed by atoms with van der Waals surface area (Å²) in [6.07, 6.45) is 5.20. The average molecular weight is 717 g/mol. The Kier molecular flexibility index (Phi) is 13.7. The summed E-state index contributed by atoms with van der Waals surface area (Å²) in [7, 11) is 0. The van der Waals surface area contributed by atoms with Gasteiger partial charge in [0.05, 0.1) is 6.61 Å². The molecule has 0 amide bonds. The summed E-state index contributed by atoms with van der Waals surface area (Å²) in [6, 6.07) is 24.2. The van der Waals surface area contributed by atoms with Gasteiger partial charge < -0.3 is 24.5 Å². The van der Waals surface area contributed by atoms with Crippen LogP contribution < -0.4 is 5.63 Å². The molecule has 0 saturated heterocycles. The van der Waals surface area contributed by atoms with Crippen molar-refractivity contribution in [3.05, 3.63) is 153 Å². The number of fused-ring (bicyclic) bond motifs is 1. The first kappa shape index (κ1) is 39.6. The van der Waals surface area contributed by atoms with Crippen molar-refractivity contribution in [2.24, 2.45) is 5.92 Å². The molecule has 0 aliphatic heterocycles. The van der Waals surface area contributed by atoms with Gasteiger partial charge in [-0.05, 0) is 81.4 Å². The van der Waals surface area contributed by atoms with Crippen molar-refractivity contribution < 1.29 is 38.9 Å². The van der Waals surface area contributed by atoms with Gasteiger partial charge in [0.1, 0.15) is 28.4 Å². The smallest absolute Gasteiger partial charge is 0.336 e. The van der Waals surface area contributed by atoms with E-state index < -0.39 is 17.4 Å². The molecule has 9 nitrogen and oxygen atoms in total. The molecule has 0 saturated carbocycles. The zero-order valence-corrected chi connectivity index (χ0v) is 30.3. The van der Waals surface area contributed by atoms with Crippen molar-refractivity contribution in [2.45, 2.75) is 53.4 Å². The maximum atomic E-state index is 12.8. The van der Waals surface area contributed by atoms with E-state index >= 15 is 0 Å². The van der Waals surface area contributed by atoms with Gasteiger partial charge in [-0.15, -0.1) is 6.58 Å². The number of ketones is 2. The lowest BCUT2D eigenvalue weighted by molar-refractivity contribution is -0.138. The van der Waals surface area contributed by atoms with Gasteiger partial charge in [-0.25, -0.2) is 9.59 Å². The zero-order chi connectivity index (χ0) is 38.7. The summed E-state index contributed by atoms with van der Waals surface area (Å²) >= 11 is 0. The number of allylic oxidation sites excluding steroid dienone is 2. The van der Waals surface area contributed by atoms with Gasteiger partial charge in [0.2, 0.25) is 11.6 Å². The summed E-state index contributed by atoms with van der Waals surface area (Å²) in [4.78, 5) is 49.1. The summed E-state index contributed by atoms with van der Waals surface area (Å²) in [5, 5.41) is 31.5. The third-order valence-corrected chi connectivity index (χ3v) is 8.69. The fraction of sp³-hybridized carbons (Fsp3) is 0.227. The fourth-order valence-electron chi connectivity index (χ4n) is 5.74. The highest BCUT2D eigenvalue weighted by Gasteiger charge is 2.22. The second-order valence-electron chi connectivity index (χ2n) is 13.1. The number of carbonyl (C=O) groups is 3. The van der Waals surface area contributed by atoms with E-state index in [1.165, 1.54) is 35.9 Å². The Morgan fingerprint density at radius 1 is 0.811 bits per heavy atom. The van der Waals surface area contributed by atoms with E-state index in [1.807, 2.05) is 6.92 Å². The van der Waals surface area contributed by atoms with Gasteiger partial charge in [0, 0.05) is 34.2 Å². The Hall–Kier alpha value is -6.22. The summed E-state index contributed by atoms with van der Waals surface area (Å²) in [5.41, 5.74) is 2.74. The van der Waals surface area contributed by atoms with Crippen LogP contribution in [-0.2, 0) is 9.53 Å². The van der Waals surface area contributed by atoms with E-state index in [0.717, 1.165) is 25.7 Å². The van der Waals surface area contributed by atoms with Crippen LogP contribution in [-0.4, -0.2) is 39.5 Å². The molecule has 0 aliphatic carbocycles. The van der Waals surface area contributed by atoms with Crippen molar-refractivity contribution in [1.29, 1.82) is 0 Å². The van der Waals surface area contributed by atoms with Gasteiger partial charge in [0.25, 0.3) is 0 Å². The molecule has 5 rings (SSSR count). The lowest BCUT2D eigenvalue weighted by atomic mass is 9.96. The SMILES string of the molecule is C=C(C)CCCC(C)CCOC(=O)C=C(C)c1ccc(O)c(C(=O)c2ccccc2)c1O.Cc1cc(=O)oc2c(C(=O)c3ccccc3)c(O)ccc12. The predicted octanol–water partition coefficient (Wildman–Crippen LogP) is 9.09. The summed E-state index contributed by atoms with van der Waals surface area (Å²) in [5.74, 6) is -1.85. The van der Waals surface area contributed by atoms with Crippen LogP contribution in [0.4, 0.5) is 0 Å². The van der Waals surface area contributed by atoms with Crippen LogP contribution in [0.5, 0.6) is 17.2 Å². The van der Waals surface area contributed by atoms with Crippen LogP contribution in [0.1, 0.15) is 89.4 Å². The molecule has 274 valence electrons. The molecule has 0 fully saturated rings. The van der Waals surface area contributed by atoms with E-state index in [-0.39, 0.29) is 45.3 Å². The largest absolute Gasteiger partial charge is 0.507 e. The minimum Gasteiger partial charge on any atom is -0.507 e. The van der Waals surface area contributed by atoms with E-state index in [4.69, 9.17) is 9.15 Å². The summed E-state index contributed by atoms with van der Waals surface area (Å²) in [6.45, 7) is 11.8. The Bertz CT molecular complexity index is 2200. The number of aromatic hydroxyl groups is 3. The minimum atomic E-state index is -0.548. The normalized spacial score (nSPS) is 11.7. The molecule has 1 unspecified atom stereocenters. The standard InChI is InChI=1S/C27H32O5.C17H12O4/c1-18(2)9-8-10-19(3)15-16-32-24(29)17-20(4)22-13-14-23(28)25(27(22)31)26(30)21-11-6-5-7-12-21;1-10-9-14(19)21-17-12(10)7-8-13(18)15(17)16(20)11-5-3-2-4-6-11/h5-7,11-14,17,19,28,31H,1,8-10,15-16H2,2-4H3;2-9,18H,1H3. The number of rotatable bonds is 13. The van der Waals surface area contributed by atoms with Gasteiger partial charge in [0.15, 0.2) is 5.58 Å². The number of benzene rings is 4. The number of hydrogen-bond acceptors (Lipinski definition) is 9. The van der Waals surface area contributed by atoms with Crippen molar-refractivity contribution in [3.63, 3.8) is 0 Å². The van der Waals surface area contributed by atoms with E-state index in [1.54, 1.807) is 80.6 Å². The molecule has 53 heavy (non-hydrogen) atoms. The van der Waals surface area contributed by atoms with Crippen LogP contribution in [0.15, 0.2) is 118 Å². The highest BCUT2D eigenvalue weighted by atomic mass is 16.5.